The minimum atomic E-state index is -0.792. The van der Waals surface area contributed by atoms with Crippen molar-refractivity contribution < 1.29 is 9.53 Å². The fraction of sp³-hybridized carbons (Fsp3) is 0.500. The Morgan fingerprint density at radius 3 is 2.94 bits per heavy atom. The molecule has 1 aromatic carbocycles. The third kappa shape index (κ3) is 1.86. The van der Waals surface area contributed by atoms with Crippen LogP contribution in [0, 0.1) is 0 Å². The normalized spacial score (nSPS) is 25.2. The van der Waals surface area contributed by atoms with Crippen LogP contribution in [0.4, 0.5) is 5.69 Å². The van der Waals surface area contributed by atoms with Crippen LogP contribution >= 0.6 is 0 Å². The molecule has 0 saturated carbocycles. The number of hydrogen-bond acceptors (Lipinski definition) is 3. The Kier molecular flexibility index (Phi) is 2.55. The molecule has 96 valence electrons. The summed E-state index contributed by atoms with van der Waals surface area (Å²) in [7, 11) is 0. The van der Waals surface area contributed by atoms with E-state index in [1.54, 1.807) is 13.8 Å². The summed E-state index contributed by atoms with van der Waals surface area (Å²) in [5.74, 6) is 1.24. The molecule has 0 aromatic heterocycles. The molecule has 2 aliphatic heterocycles. The first-order valence-electron chi connectivity index (χ1n) is 6.41. The van der Waals surface area contributed by atoms with Gasteiger partial charge in [0.05, 0.1) is 5.69 Å². The Labute approximate surface area is 107 Å². The number of nitrogens with one attached hydrogen (secondary N) is 2. The van der Waals surface area contributed by atoms with Crippen molar-refractivity contribution in [1.29, 1.82) is 0 Å². The predicted molar refractivity (Wildman–Crippen MR) is 70.0 cm³/mol. The number of ether oxygens (including phenoxy) is 1. The topological polar surface area (TPSA) is 50.4 Å². The molecular weight excluding hydrogens is 228 g/mol. The van der Waals surface area contributed by atoms with Crippen molar-refractivity contribution in [1.82, 2.24) is 5.32 Å². The van der Waals surface area contributed by atoms with Crippen molar-refractivity contribution in [3.8, 4) is 5.75 Å². The second-order valence-electron chi connectivity index (χ2n) is 5.51. The lowest BCUT2D eigenvalue weighted by Gasteiger charge is -2.32. The van der Waals surface area contributed by atoms with Crippen LogP contribution in [-0.2, 0) is 4.79 Å². The standard InChI is InChI=1S/C14H18N2O2/c1-14(2)13(17)16-11-4-3-9(7-12(11)18-14)10-5-6-15-8-10/h3-4,7,10,15H,5-6,8H2,1-2H3,(H,16,17). The van der Waals surface area contributed by atoms with E-state index in [9.17, 15) is 4.79 Å². The Morgan fingerprint density at radius 2 is 2.22 bits per heavy atom. The van der Waals surface area contributed by atoms with Crippen molar-refractivity contribution >= 4 is 11.6 Å². The van der Waals surface area contributed by atoms with Gasteiger partial charge in [0.25, 0.3) is 5.91 Å². The lowest BCUT2D eigenvalue weighted by molar-refractivity contribution is -0.129. The summed E-state index contributed by atoms with van der Waals surface area (Å²) < 4.78 is 5.80. The molecule has 2 N–H and O–H groups in total. The largest absolute Gasteiger partial charge is 0.476 e. The van der Waals surface area contributed by atoms with Crippen LogP contribution in [0.15, 0.2) is 18.2 Å². The van der Waals surface area contributed by atoms with Gasteiger partial charge >= 0.3 is 0 Å². The Balaban J connectivity index is 1.93. The van der Waals surface area contributed by atoms with Crippen molar-refractivity contribution in [3.05, 3.63) is 23.8 Å². The van der Waals surface area contributed by atoms with Gasteiger partial charge in [-0.3, -0.25) is 4.79 Å². The highest BCUT2D eigenvalue weighted by Crippen LogP contribution is 2.36. The number of carbonyl (C=O) groups is 1. The van der Waals surface area contributed by atoms with Crippen molar-refractivity contribution in [2.45, 2.75) is 31.8 Å². The Hall–Kier alpha value is -1.55. The summed E-state index contributed by atoms with van der Waals surface area (Å²) in [5.41, 5.74) is 1.26. The van der Waals surface area contributed by atoms with Crippen LogP contribution in [0.1, 0.15) is 31.7 Å². The number of fused-ring (bicyclic) bond motifs is 1. The molecule has 1 amide bonds. The molecule has 2 heterocycles. The number of amides is 1. The van der Waals surface area contributed by atoms with Gasteiger partial charge in [0, 0.05) is 6.54 Å². The van der Waals surface area contributed by atoms with Crippen LogP contribution in [0.25, 0.3) is 0 Å². The highest BCUT2D eigenvalue weighted by Gasteiger charge is 2.35. The zero-order valence-electron chi connectivity index (χ0n) is 10.7. The lowest BCUT2D eigenvalue weighted by Crippen LogP contribution is -2.45. The lowest BCUT2D eigenvalue weighted by atomic mass is 9.96. The molecule has 4 nitrogen and oxygen atoms in total. The molecule has 1 unspecified atom stereocenters. The first kappa shape index (κ1) is 11.5. The van der Waals surface area contributed by atoms with E-state index in [1.165, 1.54) is 5.56 Å². The maximum Gasteiger partial charge on any atom is 0.268 e. The summed E-state index contributed by atoms with van der Waals surface area (Å²) in [4.78, 5) is 11.8. The van der Waals surface area contributed by atoms with Gasteiger partial charge in [-0.2, -0.15) is 0 Å². The van der Waals surface area contributed by atoms with Crippen molar-refractivity contribution in [2.24, 2.45) is 0 Å². The quantitative estimate of drug-likeness (QED) is 0.795. The maximum atomic E-state index is 11.8. The van der Waals surface area contributed by atoms with E-state index in [4.69, 9.17) is 4.74 Å². The number of anilines is 1. The molecule has 1 fully saturated rings. The molecule has 0 bridgehead atoms. The molecule has 1 saturated heterocycles. The fourth-order valence-electron chi connectivity index (χ4n) is 2.51. The summed E-state index contributed by atoms with van der Waals surface area (Å²) in [6, 6.07) is 6.09. The van der Waals surface area contributed by atoms with E-state index in [0.717, 1.165) is 30.9 Å². The van der Waals surface area contributed by atoms with E-state index in [-0.39, 0.29) is 5.91 Å². The Bertz CT molecular complexity index is 491. The first-order valence-corrected chi connectivity index (χ1v) is 6.41. The molecule has 0 radical (unpaired) electrons. The van der Waals surface area contributed by atoms with Gasteiger partial charge in [-0.05, 0) is 50.4 Å². The van der Waals surface area contributed by atoms with Crippen LogP contribution in [0.2, 0.25) is 0 Å². The average molecular weight is 246 g/mol. The van der Waals surface area contributed by atoms with Gasteiger partial charge < -0.3 is 15.4 Å². The highest BCUT2D eigenvalue weighted by molar-refractivity contribution is 6.00. The average Bonchev–Trinajstić information content (AvgIpc) is 2.83. The maximum absolute atomic E-state index is 11.8. The SMILES string of the molecule is CC1(C)Oc2cc(C3CCNC3)ccc2NC1=O. The van der Waals surface area contributed by atoms with E-state index < -0.39 is 5.60 Å². The zero-order valence-corrected chi connectivity index (χ0v) is 10.7. The van der Waals surface area contributed by atoms with Gasteiger partial charge in [0.1, 0.15) is 5.75 Å². The molecule has 1 aromatic rings. The van der Waals surface area contributed by atoms with Gasteiger partial charge in [-0.15, -0.1) is 0 Å². The minimum Gasteiger partial charge on any atom is -0.476 e. The van der Waals surface area contributed by atoms with E-state index in [1.807, 2.05) is 6.07 Å². The van der Waals surface area contributed by atoms with Crippen LogP contribution in [0.3, 0.4) is 0 Å². The van der Waals surface area contributed by atoms with Crippen molar-refractivity contribution in [2.75, 3.05) is 18.4 Å². The highest BCUT2D eigenvalue weighted by atomic mass is 16.5. The van der Waals surface area contributed by atoms with Gasteiger partial charge in [0.15, 0.2) is 5.60 Å². The number of benzene rings is 1. The first-order chi connectivity index (χ1) is 8.56. The predicted octanol–water partition coefficient (Wildman–Crippen LogP) is 1.87. The van der Waals surface area contributed by atoms with Crippen LogP contribution in [-0.4, -0.2) is 24.6 Å². The molecular formula is C14H18N2O2. The molecule has 3 rings (SSSR count). The fourth-order valence-corrected chi connectivity index (χ4v) is 2.51. The second kappa shape index (κ2) is 3.99. The summed E-state index contributed by atoms with van der Waals surface area (Å²) in [6.07, 6.45) is 1.16. The molecule has 4 heteroatoms. The van der Waals surface area contributed by atoms with E-state index in [0.29, 0.717) is 5.92 Å². The number of carbonyl (C=O) groups excluding carboxylic acids is 1. The second-order valence-corrected chi connectivity index (χ2v) is 5.51. The number of rotatable bonds is 1. The third-order valence-corrected chi connectivity index (χ3v) is 3.70. The zero-order chi connectivity index (χ0) is 12.8. The van der Waals surface area contributed by atoms with Gasteiger partial charge in [-0.1, -0.05) is 6.07 Å². The van der Waals surface area contributed by atoms with Crippen molar-refractivity contribution in [3.63, 3.8) is 0 Å². The number of hydrogen-bond donors (Lipinski definition) is 2. The monoisotopic (exact) mass is 246 g/mol. The van der Waals surface area contributed by atoms with Crippen LogP contribution < -0.4 is 15.4 Å². The Morgan fingerprint density at radius 1 is 1.39 bits per heavy atom. The summed E-state index contributed by atoms with van der Waals surface area (Å²) in [6.45, 7) is 5.67. The smallest absolute Gasteiger partial charge is 0.268 e. The minimum absolute atomic E-state index is 0.0923. The molecule has 0 aliphatic carbocycles. The van der Waals surface area contributed by atoms with Gasteiger partial charge in [0.2, 0.25) is 0 Å². The molecule has 0 spiro atoms. The molecule has 2 aliphatic rings. The third-order valence-electron chi connectivity index (χ3n) is 3.70. The van der Waals surface area contributed by atoms with E-state index >= 15 is 0 Å². The molecule has 18 heavy (non-hydrogen) atoms. The summed E-state index contributed by atoms with van der Waals surface area (Å²) in [5, 5.41) is 6.25. The van der Waals surface area contributed by atoms with Crippen LogP contribution in [0.5, 0.6) is 5.75 Å². The van der Waals surface area contributed by atoms with E-state index in [2.05, 4.69) is 22.8 Å². The summed E-state index contributed by atoms with van der Waals surface area (Å²) >= 11 is 0. The van der Waals surface area contributed by atoms with Gasteiger partial charge in [-0.25, -0.2) is 0 Å². The molecule has 1 atom stereocenters.